The Kier molecular flexibility index (Phi) is 3.08. The van der Waals surface area contributed by atoms with Crippen LogP contribution in [0, 0.1) is 0 Å². The number of fused-ring (bicyclic) bond motifs is 5. The molecule has 1 fully saturated rings. The number of carbonyl (C=O) groups excluding carboxylic acids is 1. The summed E-state index contributed by atoms with van der Waals surface area (Å²) in [6, 6.07) is 0. The minimum Gasteiger partial charge on any atom is -0.340 e. The number of nitrogens with one attached hydrogen (secondary N) is 1. The van der Waals surface area contributed by atoms with Gasteiger partial charge < -0.3 is 9.88 Å². The zero-order valence-electron chi connectivity index (χ0n) is 13.6. The number of allylic oxidation sites excluding steroid dienone is 1. The maximum absolute atomic E-state index is 11.7. The number of carbonyl (C=O) groups is 1. The highest BCUT2D eigenvalue weighted by atomic mass is 16.1. The molecular weight excluding hydrogens is 300 g/mol. The molecule has 122 valence electrons. The highest BCUT2D eigenvalue weighted by Crippen LogP contribution is 2.36. The van der Waals surface area contributed by atoms with Gasteiger partial charge in [0.1, 0.15) is 5.82 Å². The fourth-order valence-corrected chi connectivity index (χ4v) is 4.17. The number of aromatic amines is 1. The second-order valence-corrected chi connectivity index (χ2v) is 7.02. The maximum atomic E-state index is 11.7. The van der Waals surface area contributed by atoms with E-state index < -0.39 is 0 Å². The predicted molar refractivity (Wildman–Crippen MR) is 93.1 cm³/mol. The number of H-pyrrole nitrogens is 1. The van der Waals surface area contributed by atoms with Crippen LogP contribution in [0.2, 0.25) is 0 Å². The standard InChI is InChI=1S/C19H20N4O/c24-13-6-7-16-15-10-20-19-17(14(15)8-9-23(16)11-13)21-18(22-19)12-4-2-1-3-5-12/h7-10,12H,1-6,11H2,(H,20,21,22). The van der Waals surface area contributed by atoms with Crippen LogP contribution in [0.4, 0.5) is 0 Å². The number of nitrogens with zero attached hydrogens (tertiary/aromatic N) is 3. The van der Waals surface area contributed by atoms with Gasteiger partial charge in [-0.2, -0.15) is 0 Å². The molecule has 1 aliphatic carbocycles. The van der Waals surface area contributed by atoms with Crippen LogP contribution in [0.25, 0.3) is 22.9 Å². The van der Waals surface area contributed by atoms with Crippen molar-refractivity contribution in [3.05, 3.63) is 35.4 Å². The zero-order chi connectivity index (χ0) is 16.1. The highest BCUT2D eigenvalue weighted by molar-refractivity contribution is 5.95. The van der Waals surface area contributed by atoms with Crippen molar-refractivity contribution in [3.63, 3.8) is 0 Å². The number of hydrogen-bond acceptors (Lipinski definition) is 4. The maximum Gasteiger partial charge on any atom is 0.178 e. The molecule has 0 spiro atoms. The largest absolute Gasteiger partial charge is 0.340 e. The van der Waals surface area contributed by atoms with E-state index in [1.165, 1.54) is 32.1 Å². The van der Waals surface area contributed by atoms with Gasteiger partial charge in [0.2, 0.25) is 0 Å². The van der Waals surface area contributed by atoms with Crippen molar-refractivity contribution < 1.29 is 4.79 Å². The fraction of sp³-hybridized carbons (Fsp3) is 0.421. The number of ketones is 1. The van der Waals surface area contributed by atoms with Gasteiger partial charge in [-0.3, -0.25) is 4.79 Å². The van der Waals surface area contributed by atoms with Crippen molar-refractivity contribution in [2.75, 3.05) is 6.54 Å². The van der Waals surface area contributed by atoms with Gasteiger partial charge in [0.25, 0.3) is 0 Å². The van der Waals surface area contributed by atoms with Gasteiger partial charge in [0, 0.05) is 41.6 Å². The lowest BCUT2D eigenvalue weighted by atomic mass is 9.89. The van der Waals surface area contributed by atoms with Crippen LogP contribution in [0.5, 0.6) is 0 Å². The molecule has 0 aromatic carbocycles. The molecule has 5 heteroatoms. The molecule has 5 rings (SSSR count). The molecule has 1 saturated carbocycles. The summed E-state index contributed by atoms with van der Waals surface area (Å²) in [5, 5.41) is 0. The minimum absolute atomic E-state index is 0.252. The molecule has 4 heterocycles. The Morgan fingerprint density at radius 3 is 2.96 bits per heavy atom. The van der Waals surface area contributed by atoms with Crippen LogP contribution >= 0.6 is 0 Å². The van der Waals surface area contributed by atoms with E-state index in [9.17, 15) is 4.79 Å². The van der Waals surface area contributed by atoms with Gasteiger partial charge in [-0.25, -0.2) is 9.97 Å². The van der Waals surface area contributed by atoms with Crippen molar-refractivity contribution in [1.29, 1.82) is 0 Å². The molecule has 24 heavy (non-hydrogen) atoms. The van der Waals surface area contributed by atoms with Crippen LogP contribution < -0.4 is 0 Å². The first-order valence-electron chi connectivity index (χ1n) is 8.85. The summed E-state index contributed by atoms with van der Waals surface area (Å²) < 4.78 is 0. The molecule has 2 aromatic heterocycles. The fourth-order valence-electron chi connectivity index (χ4n) is 4.17. The Hall–Kier alpha value is -2.43. The number of pyridine rings is 1. The van der Waals surface area contributed by atoms with Gasteiger partial charge in [-0.15, -0.1) is 0 Å². The molecule has 2 aliphatic heterocycles. The van der Waals surface area contributed by atoms with Gasteiger partial charge in [-0.1, -0.05) is 25.3 Å². The van der Waals surface area contributed by atoms with E-state index in [0.717, 1.165) is 33.8 Å². The molecular formula is C19H20N4O. The van der Waals surface area contributed by atoms with Gasteiger partial charge in [-0.05, 0) is 18.9 Å². The lowest BCUT2D eigenvalue weighted by molar-refractivity contribution is -0.118. The average molecular weight is 320 g/mol. The number of aromatic nitrogens is 3. The van der Waals surface area contributed by atoms with Crippen molar-refractivity contribution in [1.82, 2.24) is 19.9 Å². The Morgan fingerprint density at radius 2 is 2.08 bits per heavy atom. The summed E-state index contributed by atoms with van der Waals surface area (Å²) in [4.78, 5) is 26.6. The third kappa shape index (κ3) is 2.11. The quantitative estimate of drug-likeness (QED) is 0.872. The molecule has 5 nitrogen and oxygen atoms in total. The molecule has 0 radical (unpaired) electrons. The molecule has 2 aromatic rings. The van der Waals surface area contributed by atoms with E-state index >= 15 is 0 Å². The van der Waals surface area contributed by atoms with Crippen LogP contribution in [0.1, 0.15) is 61.4 Å². The molecule has 0 bridgehead atoms. The summed E-state index contributed by atoms with van der Waals surface area (Å²) in [5.41, 5.74) is 5.17. The Balaban J connectivity index is 1.61. The first kappa shape index (κ1) is 14.0. The second-order valence-electron chi connectivity index (χ2n) is 7.02. The number of rotatable bonds is 1. The number of Topliss-reactive ketones (excluding diaryl/α,β-unsaturated/α-hetero) is 1. The topological polar surface area (TPSA) is 61.9 Å². The summed E-state index contributed by atoms with van der Waals surface area (Å²) in [5.74, 6) is 1.88. The van der Waals surface area contributed by atoms with Crippen molar-refractivity contribution in [2.45, 2.75) is 44.4 Å². The lowest BCUT2D eigenvalue weighted by Gasteiger charge is -2.30. The summed E-state index contributed by atoms with van der Waals surface area (Å²) >= 11 is 0. The normalized spacial score (nSPS) is 20.9. The van der Waals surface area contributed by atoms with E-state index in [1.807, 2.05) is 23.4 Å². The van der Waals surface area contributed by atoms with Crippen LogP contribution in [-0.4, -0.2) is 32.2 Å². The van der Waals surface area contributed by atoms with Gasteiger partial charge in [0.15, 0.2) is 11.4 Å². The number of hydrogen-bond donors (Lipinski definition) is 1. The van der Waals surface area contributed by atoms with E-state index in [2.05, 4.69) is 16.0 Å². The molecule has 3 aliphatic rings. The third-order valence-electron chi connectivity index (χ3n) is 5.45. The molecule has 0 amide bonds. The van der Waals surface area contributed by atoms with Crippen LogP contribution in [0.3, 0.4) is 0 Å². The minimum atomic E-state index is 0.252. The number of imidazole rings is 1. The molecule has 0 atom stereocenters. The van der Waals surface area contributed by atoms with Crippen molar-refractivity contribution >= 4 is 28.7 Å². The highest BCUT2D eigenvalue weighted by Gasteiger charge is 2.26. The zero-order valence-corrected chi connectivity index (χ0v) is 13.6. The summed E-state index contributed by atoms with van der Waals surface area (Å²) in [7, 11) is 0. The smallest absolute Gasteiger partial charge is 0.178 e. The van der Waals surface area contributed by atoms with Gasteiger partial charge in [0.05, 0.1) is 12.1 Å². The lowest BCUT2D eigenvalue weighted by Crippen LogP contribution is -2.29. The van der Waals surface area contributed by atoms with Crippen LogP contribution in [0.15, 0.2) is 18.5 Å². The van der Waals surface area contributed by atoms with E-state index in [4.69, 9.17) is 4.98 Å². The van der Waals surface area contributed by atoms with Crippen LogP contribution in [-0.2, 0) is 4.79 Å². The summed E-state index contributed by atoms with van der Waals surface area (Å²) in [6.45, 7) is 0.454. The van der Waals surface area contributed by atoms with Gasteiger partial charge >= 0.3 is 0 Å². The summed E-state index contributed by atoms with van der Waals surface area (Å²) in [6.07, 6.45) is 14.9. The Morgan fingerprint density at radius 1 is 1.21 bits per heavy atom. The first-order valence-corrected chi connectivity index (χ1v) is 8.85. The van der Waals surface area contributed by atoms with E-state index in [0.29, 0.717) is 18.9 Å². The third-order valence-corrected chi connectivity index (χ3v) is 5.45. The molecule has 0 saturated heterocycles. The van der Waals surface area contributed by atoms with E-state index in [-0.39, 0.29) is 5.78 Å². The molecule has 0 unspecified atom stereocenters. The second kappa shape index (κ2) is 5.30. The average Bonchev–Trinajstić information content (AvgIpc) is 3.06. The van der Waals surface area contributed by atoms with E-state index in [1.54, 1.807) is 0 Å². The van der Waals surface area contributed by atoms with Crippen molar-refractivity contribution in [3.8, 4) is 0 Å². The SMILES string of the molecule is O=C1CC=C2c3cnc4nc(C5CCCCC5)[nH]c4c3C=CN2C1. The molecule has 1 N–H and O–H groups in total. The van der Waals surface area contributed by atoms with Crippen molar-refractivity contribution in [2.24, 2.45) is 0 Å². The first-order chi connectivity index (χ1) is 11.8. The monoisotopic (exact) mass is 320 g/mol. The Labute approximate surface area is 140 Å². The predicted octanol–water partition coefficient (Wildman–Crippen LogP) is 3.61. The Bertz CT molecular complexity index is 886.